The third-order valence-electron chi connectivity index (χ3n) is 3.23. The van der Waals surface area contributed by atoms with Crippen LogP contribution in [0.5, 0.6) is 0 Å². The van der Waals surface area contributed by atoms with Crippen LogP contribution in [0.2, 0.25) is 0 Å². The molecule has 0 aliphatic carbocycles. The highest BCUT2D eigenvalue weighted by atomic mass is 32.1. The molecule has 0 aromatic carbocycles. The van der Waals surface area contributed by atoms with Crippen LogP contribution >= 0.6 is 22.7 Å². The summed E-state index contributed by atoms with van der Waals surface area (Å²) < 4.78 is 5.39. The van der Waals surface area contributed by atoms with E-state index in [9.17, 15) is 9.59 Å². The van der Waals surface area contributed by atoms with E-state index >= 15 is 0 Å². The van der Waals surface area contributed by atoms with Crippen molar-refractivity contribution in [3.63, 3.8) is 0 Å². The second-order valence-electron chi connectivity index (χ2n) is 5.37. The normalized spacial score (nSPS) is 10.7. The number of anilines is 1. The van der Waals surface area contributed by atoms with Gasteiger partial charge < -0.3 is 9.73 Å². The van der Waals surface area contributed by atoms with E-state index in [1.165, 1.54) is 11.3 Å². The van der Waals surface area contributed by atoms with E-state index in [4.69, 9.17) is 4.42 Å². The van der Waals surface area contributed by atoms with Crippen molar-refractivity contribution in [2.24, 2.45) is 0 Å². The topological polar surface area (TPSA) is 123 Å². The van der Waals surface area contributed by atoms with Gasteiger partial charge in [0, 0.05) is 12.8 Å². The van der Waals surface area contributed by atoms with Crippen LogP contribution < -0.4 is 10.6 Å². The first-order valence-electron chi connectivity index (χ1n) is 7.75. The Bertz CT molecular complexity index is 916. The van der Waals surface area contributed by atoms with Crippen molar-refractivity contribution >= 4 is 39.6 Å². The molecule has 0 saturated heterocycles. The lowest BCUT2D eigenvalue weighted by Crippen LogP contribution is -2.22. The molecule has 2 amide bonds. The van der Waals surface area contributed by atoms with Gasteiger partial charge in [-0.2, -0.15) is 0 Å². The van der Waals surface area contributed by atoms with Crippen LogP contribution in [0.15, 0.2) is 16.5 Å². The van der Waals surface area contributed by atoms with Gasteiger partial charge in [0.15, 0.2) is 0 Å². The van der Waals surface area contributed by atoms with Crippen LogP contribution in [0.3, 0.4) is 0 Å². The molecule has 0 radical (unpaired) electrons. The van der Waals surface area contributed by atoms with Gasteiger partial charge in [-0.15, -0.1) is 20.4 Å². The molecule has 0 saturated carbocycles. The molecule has 0 aliphatic rings. The molecule has 9 nitrogen and oxygen atoms in total. The number of carbonyl (C=O) groups is 2. The zero-order valence-corrected chi connectivity index (χ0v) is 15.7. The molecule has 2 N–H and O–H groups in total. The first-order valence-corrected chi connectivity index (χ1v) is 9.39. The quantitative estimate of drug-likeness (QED) is 0.631. The molecule has 11 heteroatoms. The van der Waals surface area contributed by atoms with Crippen molar-refractivity contribution < 1.29 is 14.0 Å². The van der Waals surface area contributed by atoms with Crippen LogP contribution in [0.25, 0.3) is 0 Å². The Morgan fingerprint density at radius 2 is 1.96 bits per heavy atom. The molecule has 0 bridgehead atoms. The van der Waals surface area contributed by atoms with Crippen LogP contribution in [-0.2, 0) is 17.8 Å². The number of carbonyl (C=O) groups excluding carboxylic acids is 2. The van der Waals surface area contributed by atoms with E-state index in [0.29, 0.717) is 28.9 Å². The number of nitrogens with one attached hydrogen (secondary N) is 2. The Kier molecular flexibility index (Phi) is 5.68. The van der Waals surface area contributed by atoms with Crippen molar-refractivity contribution in [3.8, 4) is 0 Å². The first kappa shape index (κ1) is 18.1. The summed E-state index contributed by atoms with van der Waals surface area (Å²) in [4.78, 5) is 24.0. The van der Waals surface area contributed by atoms with Crippen molar-refractivity contribution in [2.75, 3.05) is 5.32 Å². The molecule has 0 aliphatic heterocycles. The summed E-state index contributed by atoms with van der Waals surface area (Å²) in [5.74, 6) is 1.00. The van der Waals surface area contributed by atoms with Gasteiger partial charge in [0.1, 0.15) is 21.5 Å². The summed E-state index contributed by atoms with van der Waals surface area (Å²) in [5.41, 5.74) is 0. The summed E-state index contributed by atoms with van der Waals surface area (Å²) >= 11 is 2.43. The van der Waals surface area contributed by atoms with E-state index in [1.54, 1.807) is 6.92 Å². The minimum Gasteiger partial charge on any atom is -0.465 e. The Balaban J connectivity index is 1.45. The van der Waals surface area contributed by atoms with Crippen molar-refractivity contribution in [1.29, 1.82) is 0 Å². The van der Waals surface area contributed by atoms with E-state index < -0.39 is 0 Å². The van der Waals surface area contributed by atoms with Gasteiger partial charge in [-0.1, -0.05) is 22.7 Å². The molecule has 3 aromatic rings. The zero-order chi connectivity index (χ0) is 18.5. The van der Waals surface area contributed by atoms with Gasteiger partial charge in [-0.05, 0) is 26.0 Å². The van der Waals surface area contributed by atoms with Gasteiger partial charge in [0.25, 0.3) is 5.91 Å². The smallest absolute Gasteiger partial charge is 0.288 e. The maximum Gasteiger partial charge on any atom is 0.288 e. The Morgan fingerprint density at radius 1 is 1.12 bits per heavy atom. The molecule has 0 unspecified atom stereocenters. The summed E-state index contributed by atoms with van der Waals surface area (Å²) in [6.07, 6.45) is 0.664. The average Bonchev–Trinajstić information content (AvgIpc) is 3.33. The summed E-state index contributed by atoms with van der Waals surface area (Å²) in [6.45, 7) is 3.99. The fraction of sp³-hybridized carbons (Fsp3) is 0.333. The van der Waals surface area contributed by atoms with Gasteiger partial charge >= 0.3 is 0 Å². The zero-order valence-electron chi connectivity index (χ0n) is 14.1. The van der Waals surface area contributed by atoms with Crippen LogP contribution in [-0.4, -0.2) is 32.2 Å². The Morgan fingerprint density at radius 3 is 2.65 bits per heavy atom. The number of hydrogen-bond acceptors (Lipinski definition) is 9. The molecular formula is C15H16N6O3S2. The SMILES string of the molecule is Cc1ccc(CNC(=O)CCc2nnc(C(=O)Nc3nnc(C)s3)s2)o1. The first-order chi connectivity index (χ1) is 12.5. The monoisotopic (exact) mass is 392 g/mol. The minimum atomic E-state index is -0.387. The molecule has 26 heavy (non-hydrogen) atoms. The second-order valence-corrected chi connectivity index (χ2v) is 7.61. The number of rotatable bonds is 7. The van der Waals surface area contributed by atoms with Crippen molar-refractivity contribution in [3.05, 3.63) is 38.7 Å². The molecule has 3 aromatic heterocycles. The predicted octanol–water partition coefficient (Wildman–Crippen LogP) is 2.10. The van der Waals surface area contributed by atoms with Crippen LogP contribution in [0.1, 0.15) is 37.8 Å². The number of nitrogens with zero attached hydrogens (tertiary/aromatic N) is 4. The highest BCUT2D eigenvalue weighted by molar-refractivity contribution is 7.15. The fourth-order valence-corrected chi connectivity index (χ4v) is 3.34. The summed E-state index contributed by atoms with van der Waals surface area (Å²) in [7, 11) is 0. The molecule has 3 heterocycles. The van der Waals surface area contributed by atoms with Gasteiger partial charge in [-0.25, -0.2) is 0 Å². The minimum absolute atomic E-state index is 0.121. The van der Waals surface area contributed by atoms with E-state index in [2.05, 4.69) is 31.0 Å². The summed E-state index contributed by atoms with van der Waals surface area (Å²) in [6, 6.07) is 3.67. The highest BCUT2D eigenvalue weighted by Crippen LogP contribution is 2.17. The van der Waals surface area contributed by atoms with E-state index in [1.807, 2.05) is 19.1 Å². The van der Waals surface area contributed by atoms with Gasteiger partial charge in [0.2, 0.25) is 16.0 Å². The number of furan rings is 1. The van der Waals surface area contributed by atoms with E-state index in [-0.39, 0.29) is 23.2 Å². The van der Waals surface area contributed by atoms with Crippen LogP contribution in [0.4, 0.5) is 5.13 Å². The maximum absolute atomic E-state index is 12.1. The number of aryl methyl sites for hydroxylation is 3. The molecule has 3 rings (SSSR count). The highest BCUT2D eigenvalue weighted by Gasteiger charge is 2.15. The number of amides is 2. The third kappa shape index (κ3) is 4.92. The largest absolute Gasteiger partial charge is 0.465 e. The average molecular weight is 392 g/mol. The van der Waals surface area contributed by atoms with E-state index in [0.717, 1.165) is 22.1 Å². The predicted molar refractivity (Wildman–Crippen MR) is 96.1 cm³/mol. The molecule has 0 spiro atoms. The lowest BCUT2D eigenvalue weighted by Gasteiger charge is -2.01. The van der Waals surface area contributed by atoms with Gasteiger partial charge in [-0.3, -0.25) is 14.9 Å². The summed E-state index contributed by atoms with van der Waals surface area (Å²) in [5, 5.41) is 22.9. The lowest BCUT2D eigenvalue weighted by molar-refractivity contribution is -0.121. The molecule has 136 valence electrons. The van der Waals surface area contributed by atoms with Gasteiger partial charge in [0.05, 0.1) is 6.54 Å². The van der Waals surface area contributed by atoms with Crippen molar-refractivity contribution in [2.45, 2.75) is 33.2 Å². The Hall–Kier alpha value is -2.66. The lowest BCUT2D eigenvalue weighted by atomic mass is 10.3. The number of aromatic nitrogens is 4. The molecule has 0 atom stereocenters. The Labute approximate surface area is 156 Å². The number of hydrogen-bond donors (Lipinski definition) is 2. The molecular weight excluding hydrogens is 376 g/mol. The molecule has 0 fully saturated rings. The second kappa shape index (κ2) is 8.15. The van der Waals surface area contributed by atoms with Crippen LogP contribution in [0, 0.1) is 13.8 Å². The standard InChI is InChI=1S/C15H16N6O3S2/c1-8-3-4-10(24-8)7-16-11(22)5-6-12-19-20-14(26-12)13(23)17-15-21-18-9(2)25-15/h3-4H,5-7H2,1-2H3,(H,16,22)(H,17,21,23). The fourth-order valence-electron chi connectivity index (χ4n) is 2.02. The third-order valence-corrected chi connectivity index (χ3v) is 4.97. The maximum atomic E-state index is 12.1. The van der Waals surface area contributed by atoms with Crippen molar-refractivity contribution in [1.82, 2.24) is 25.7 Å².